The molecule has 1 saturated heterocycles. The summed E-state index contributed by atoms with van der Waals surface area (Å²) in [6.07, 6.45) is 3.35. The molecule has 1 spiro atoms. The van der Waals surface area contributed by atoms with E-state index in [1.54, 1.807) is 11.3 Å². The number of carbonyl (C=O) groups is 1. The Morgan fingerprint density at radius 3 is 3.04 bits per heavy atom. The van der Waals surface area contributed by atoms with E-state index in [1.165, 1.54) is 29.0 Å². The van der Waals surface area contributed by atoms with Crippen molar-refractivity contribution in [2.24, 2.45) is 0 Å². The summed E-state index contributed by atoms with van der Waals surface area (Å²) in [7, 11) is 0. The Balaban J connectivity index is 1.19. The van der Waals surface area contributed by atoms with E-state index < -0.39 is 0 Å². The number of hydrogen-bond acceptors (Lipinski definition) is 4. The Kier molecular flexibility index (Phi) is 3.55. The van der Waals surface area contributed by atoms with Crippen molar-refractivity contribution in [2.45, 2.75) is 37.4 Å². The van der Waals surface area contributed by atoms with Crippen LogP contribution in [0.3, 0.4) is 0 Å². The summed E-state index contributed by atoms with van der Waals surface area (Å²) < 4.78 is 7.31. The highest BCUT2D eigenvalue weighted by atomic mass is 32.1. The molecule has 1 saturated carbocycles. The maximum atomic E-state index is 12.9. The molecule has 1 aromatic heterocycles. The van der Waals surface area contributed by atoms with E-state index in [0.29, 0.717) is 25.6 Å². The van der Waals surface area contributed by atoms with Crippen molar-refractivity contribution in [3.63, 3.8) is 0 Å². The van der Waals surface area contributed by atoms with E-state index in [4.69, 9.17) is 9.72 Å². The highest BCUT2D eigenvalue weighted by Crippen LogP contribution is 2.44. The third kappa shape index (κ3) is 2.63. The number of hydrogen-bond donors (Lipinski definition) is 1. The fraction of sp³-hybridized carbons (Fsp3) is 0.364. The lowest BCUT2D eigenvalue weighted by molar-refractivity contribution is -0.0269. The van der Waals surface area contributed by atoms with Gasteiger partial charge in [-0.25, -0.2) is 9.78 Å². The van der Waals surface area contributed by atoms with Gasteiger partial charge >= 0.3 is 6.03 Å². The van der Waals surface area contributed by atoms with Gasteiger partial charge in [-0.3, -0.25) is 0 Å². The third-order valence-electron chi connectivity index (χ3n) is 6.11. The number of likely N-dealkylation sites (tertiary alicyclic amines) is 1. The number of aromatic nitrogens is 1. The van der Waals surface area contributed by atoms with Crippen LogP contribution in [-0.2, 0) is 16.9 Å². The largest absolute Gasteiger partial charge is 0.364 e. The number of anilines is 1. The van der Waals surface area contributed by atoms with E-state index >= 15 is 0 Å². The van der Waals surface area contributed by atoms with E-state index in [-0.39, 0.29) is 11.6 Å². The third-order valence-corrected chi connectivity index (χ3v) is 7.29. The topological polar surface area (TPSA) is 54.5 Å². The highest BCUT2D eigenvalue weighted by Gasteiger charge is 2.46. The molecule has 1 N–H and O–H groups in total. The highest BCUT2D eigenvalue weighted by molar-refractivity contribution is 7.18. The lowest BCUT2D eigenvalue weighted by Crippen LogP contribution is -2.36. The molecule has 142 valence electrons. The van der Waals surface area contributed by atoms with Crippen molar-refractivity contribution in [3.8, 4) is 0 Å². The average molecular weight is 391 g/mol. The van der Waals surface area contributed by atoms with Gasteiger partial charge in [0.25, 0.3) is 0 Å². The molecule has 2 amide bonds. The second kappa shape index (κ2) is 6.03. The first-order valence-electron chi connectivity index (χ1n) is 9.89. The predicted octanol–water partition coefficient (Wildman–Crippen LogP) is 4.84. The smallest absolute Gasteiger partial charge is 0.321 e. The zero-order valence-electron chi connectivity index (χ0n) is 15.5. The van der Waals surface area contributed by atoms with Gasteiger partial charge in [-0.05, 0) is 42.2 Å². The van der Waals surface area contributed by atoms with Crippen LogP contribution < -0.4 is 5.32 Å². The van der Waals surface area contributed by atoms with Gasteiger partial charge in [0.1, 0.15) is 5.60 Å². The quantitative estimate of drug-likeness (QED) is 0.680. The molecule has 1 aliphatic carbocycles. The van der Waals surface area contributed by atoms with Gasteiger partial charge in [0.2, 0.25) is 0 Å². The van der Waals surface area contributed by atoms with Gasteiger partial charge in [-0.15, -0.1) is 11.3 Å². The van der Waals surface area contributed by atoms with Gasteiger partial charge in [0, 0.05) is 24.6 Å². The standard InChI is InChI=1S/C22H21N3O2S/c26-21(23-16-7-8-18-19(11-16)28-20(24-18)14-5-6-14)25-10-9-22(13-25)17-4-2-1-3-15(17)12-27-22/h1-4,7-8,11,14H,5-6,9-10,12-13H2,(H,23,26). The van der Waals surface area contributed by atoms with Crippen LogP contribution in [0.4, 0.5) is 10.5 Å². The summed E-state index contributed by atoms with van der Waals surface area (Å²) in [4.78, 5) is 19.5. The minimum Gasteiger partial charge on any atom is -0.364 e. The van der Waals surface area contributed by atoms with Crippen LogP contribution in [0, 0.1) is 0 Å². The Morgan fingerprint density at radius 2 is 2.14 bits per heavy atom. The zero-order chi connectivity index (χ0) is 18.7. The maximum absolute atomic E-state index is 12.9. The van der Waals surface area contributed by atoms with Gasteiger partial charge in [0.05, 0.1) is 28.4 Å². The summed E-state index contributed by atoms with van der Waals surface area (Å²) in [5, 5.41) is 4.30. The van der Waals surface area contributed by atoms with E-state index in [2.05, 4.69) is 23.5 Å². The maximum Gasteiger partial charge on any atom is 0.321 e. The van der Waals surface area contributed by atoms with Crippen LogP contribution in [0.15, 0.2) is 42.5 Å². The zero-order valence-corrected chi connectivity index (χ0v) is 16.3. The van der Waals surface area contributed by atoms with Crippen molar-refractivity contribution in [2.75, 3.05) is 18.4 Å². The van der Waals surface area contributed by atoms with Crippen LogP contribution in [0.5, 0.6) is 0 Å². The summed E-state index contributed by atoms with van der Waals surface area (Å²) in [5.41, 5.74) is 4.00. The number of nitrogens with zero attached hydrogens (tertiary/aromatic N) is 2. The molecule has 3 aliphatic rings. The number of fused-ring (bicyclic) bond motifs is 3. The Bertz CT molecular complexity index is 1090. The van der Waals surface area contributed by atoms with Gasteiger partial charge in [-0.2, -0.15) is 0 Å². The SMILES string of the molecule is O=C(Nc1ccc2nc(C3CC3)sc2c1)N1CCC2(C1)OCc1ccccc12. The molecule has 0 radical (unpaired) electrons. The molecule has 2 aliphatic heterocycles. The molecule has 1 unspecified atom stereocenters. The fourth-order valence-electron chi connectivity index (χ4n) is 4.40. The number of carbonyl (C=O) groups excluding carboxylic acids is 1. The second-order valence-corrected chi connectivity index (χ2v) is 9.11. The molecule has 2 fully saturated rings. The fourth-order valence-corrected chi connectivity index (χ4v) is 5.58. The molecule has 28 heavy (non-hydrogen) atoms. The van der Waals surface area contributed by atoms with Crippen LogP contribution >= 0.6 is 11.3 Å². The number of rotatable bonds is 2. The predicted molar refractivity (Wildman–Crippen MR) is 110 cm³/mol. The molecule has 1 atom stereocenters. The molecule has 3 aromatic rings. The molecule has 3 heterocycles. The molecule has 5 nitrogen and oxygen atoms in total. The van der Waals surface area contributed by atoms with Gasteiger partial charge < -0.3 is 15.0 Å². The first-order valence-corrected chi connectivity index (χ1v) is 10.7. The average Bonchev–Trinajstić information content (AvgIpc) is 3.19. The van der Waals surface area contributed by atoms with Gasteiger partial charge in [0.15, 0.2) is 0 Å². The summed E-state index contributed by atoms with van der Waals surface area (Å²) >= 11 is 1.75. The Labute approximate surface area is 167 Å². The van der Waals surface area contributed by atoms with Gasteiger partial charge in [-0.1, -0.05) is 24.3 Å². The molecule has 2 aromatic carbocycles. The van der Waals surface area contributed by atoms with Crippen molar-refractivity contribution < 1.29 is 9.53 Å². The van der Waals surface area contributed by atoms with Crippen LogP contribution in [0.1, 0.15) is 41.3 Å². The minimum absolute atomic E-state index is 0.0591. The lowest BCUT2D eigenvalue weighted by atomic mass is 9.92. The first-order chi connectivity index (χ1) is 13.7. The van der Waals surface area contributed by atoms with Crippen LogP contribution in [-0.4, -0.2) is 29.0 Å². The van der Waals surface area contributed by atoms with Crippen molar-refractivity contribution >= 4 is 33.3 Å². The number of benzene rings is 2. The summed E-state index contributed by atoms with van der Waals surface area (Å²) in [5.74, 6) is 0.658. The van der Waals surface area contributed by atoms with Crippen molar-refractivity contribution in [3.05, 3.63) is 58.6 Å². The number of amides is 2. The van der Waals surface area contributed by atoms with E-state index in [9.17, 15) is 4.79 Å². The molecular weight excluding hydrogens is 370 g/mol. The van der Waals surface area contributed by atoms with Crippen molar-refractivity contribution in [1.82, 2.24) is 9.88 Å². The first kappa shape index (κ1) is 16.5. The Hall–Kier alpha value is -2.44. The molecule has 6 rings (SSSR count). The van der Waals surface area contributed by atoms with Crippen LogP contribution in [0.2, 0.25) is 0 Å². The van der Waals surface area contributed by atoms with E-state index in [0.717, 1.165) is 22.3 Å². The number of ether oxygens (including phenoxy) is 1. The molecule has 0 bridgehead atoms. The minimum atomic E-state index is -0.339. The monoisotopic (exact) mass is 391 g/mol. The number of nitrogens with one attached hydrogen (secondary N) is 1. The lowest BCUT2D eigenvalue weighted by Gasteiger charge is -2.25. The second-order valence-electron chi connectivity index (χ2n) is 8.05. The normalized spacial score (nSPS) is 23.5. The van der Waals surface area contributed by atoms with Crippen LogP contribution in [0.25, 0.3) is 10.2 Å². The molecule has 6 heteroatoms. The number of thiazole rings is 1. The van der Waals surface area contributed by atoms with Crippen molar-refractivity contribution in [1.29, 1.82) is 0 Å². The summed E-state index contributed by atoms with van der Waals surface area (Å²) in [6, 6.07) is 14.3. The Morgan fingerprint density at radius 1 is 1.25 bits per heavy atom. The number of urea groups is 1. The van der Waals surface area contributed by atoms with E-state index in [1.807, 2.05) is 29.2 Å². The summed E-state index contributed by atoms with van der Waals surface area (Å²) in [6.45, 7) is 1.94. The molecular formula is C22H21N3O2S.